The molecule has 1 aromatic carbocycles. The van der Waals surface area contributed by atoms with Crippen LogP contribution in [0.15, 0.2) is 18.2 Å². The van der Waals surface area contributed by atoms with E-state index >= 15 is 0 Å². The molecule has 2 heterocycles. The van der Waals surface area contributed by atoms with E-state index in [9.17, 15) is 4.79 Å². The van der Waals surface area contributed by atoms with Gasteiger partial charge in [-0.05, 0) is 82.3 Å². The van der Waals surface area contributed by atoms with Gasteiger partial charge in [-0.2, -0.15) is 0 Å². The molecule has 2 amide bonds. The number of anilines is 2. The van der Waals surface area contributed by atoms with E-state index in [1.807, 2.05) is 6.07 Å². The van der Waals surface area contributed by atoms with Crippen LogP contribution in [0.4, 0.5) is 16.2 Å². The Labute approximate surface area is 211 Å². The summed E-state index contributed by atoms with van der Waals surface area (Å²) in [6.45, 7) is 3.67. The molecule has 1 aromatic rings. The fraction of sp³-hybridized carbons (Fsp3) is 0.741. The molecule has 0 bridgehead atoms. The zero-order valence-electron chi connectivity index (χ0n) is 21.6. The normalized spacial score (nSPS) is 26.9. The Balaban J connectivity index is 1.30. The molecule has 1 saturated heterocycles. The quantitative estimate of drug-likeness (QED) is 0.307. The maximum atomic E-state index is 12.7. The fourth-order valence-electron chi connectivity index (χ4n) is 5.96. The first-order valence-electron chi connectivity index (χ1n) is 14.0. The summed E-state index contributed by atoms with van der Waals surface area (Å²) in [6.07, 6.45) is 16.1. The molecule has 8 nitrogen and oxygen atoms in total. The molecular formula is C27H47N7O. The number of urea groups is 1. The number of fused-ring (bicyclic) bond motifs is 1. The summed E-state index contributed by atoms with van der Waals surface area (Å²) >= 11 is 0. The van der Waals surface area contributed by atoms with Crippen molar-refractivity contribution in [3.05, 3.63) is 23.8 Å². The average Bonchev–Trinajstić information content (AvgIpc) is 2.83. The molecule has 1 aliphatic carbocycles. The van der Waals surface area contributed by atoms with Crippen molar-refractivity contribution in [3.63, 3.8) is 0 Å². The van der Waals surface area contributed by atoms with Gasteiger partial charge in [0.2, 0.25) is 0 Å². The molecule has 8 N–H and O–H groups in total. The largest absolute Gasteiger partial charge is 0.379 e. The van der Waals surface area contributed by atoms with E-state index in [0.717, 1.165) is 31.5 Å². The highest BCUT2D eigenvalue weighted by Crippen LogP contribution is 2.39. The lowest BCUT2D eigenvalue weighted by Crippen LogP contribution is -2.67. The van der Waals surface area contributed by atoms with Crippen LogP contribution in [0.25, 0.3) is 0 Å². The van der Waals surface area contributed by atoms with E-state index in [-0.39, 0.29) is 24.0 Å². The summed E-state index contributed by atoms with van der Waals surface area (Å²) in [6, 6.07) is 6.39. The molecule has 0 aromatic heterocycles. The molecule has 3 aliphatic rings. The van der Waals surface area contributed by atoms with Gasteiger partial charge in [-0.3, -0.25) is 10.6 Å². The molecule has 3 atom stereocenters. The number of nitrogens with one attached hydrogen (secondary N) is 6. The van der Waals surface area contributed by atoms with Crippen LogP contribution >= 0.6 is 0 Å². The maximum Gasteiger partial charge on any atom is 0.321 e. The standard InChI is InChI=1S/C27H47N7O/c1-20-18-24(29-17-9-16-28)32-25(30-20)33-26(35)31-22-10-11-23-21(19-22)12-15-27(34-23)13-7-5-3-2-4-6-8-14-27/h10-11,19-20,24-25,29-30,32,34H,2-9,12-18,28H2,1H3,(H2,31,33,35). The lowest BCUT2D eigenvalue weighted by molar-refractivity contribution is 0.193. The van der Waals surface area contributed by atoms with Gasteiger partial charge in [0.05, 0.1) is 6.17 Å². The second-order valence-electron chi connectivity index (χ2n) is 10.9. The van der Waals surface area contributed by atoms with Gasteiger partial charge >= 0.3 is 6.03 Å². The molecule has 2 fully saturated rings. The monoisotopic (exact) mass is 485 g/mol. The third-order valence-corrected chi connectivity index (χ3v) is 7.90. The van der Waals surface area contributed by atoms with E-state index in [0.29, 0.717) is 12.6 Å². The van der Waals surface area contributed by atoms with Crippen LogP contribution in [0.5, 0.6) is 0 Å². The van der Waals surface area contributed by atoms with Crippen molar-refractivity contribution in [3.8, 4) is 0 Å². The van der Waals surface area contributed by atoms with Crippen LogP contribution in [-0.4, -0.2) is 43.2 Å². The van der Waals surface area contributed by atoms with Crippen molar-refractivity contribution in [1.29, 1.82) is 0 Å². The van der Waals surface area contributed by atoms with Crippen LogP contribution < -0.4 is 37.6 Å². The molecule has 8 heteroatoms. The number of benzene rings is 1. The van der Waals surface area contributed by atoms with E-state index in [1.165, 1.54) is 75.5 Å². The minimum atomic E-state index is -0.291. The summed E-state index contributed by atoms with van der Waals surface area (Å²) < 4.78 is 0. The first kappa shape index (κ1) is 26.2. The minimum Gasteiger partial charge on any atom is -0.379 e. The number of hydrogen-bond acceptors (Lipinski definition) is 6. The van der Waals surface area contributed by atoms with Gasteiger partial charge in [0.1, 0.15) is 6.29 Å². The van der Waals surface area contributed by atoms with Crippen LogP contribution in [-0.2, 0) is 6.42 Å². The van der Waals surface area contributed by atoms with E-state index in [2.05, 4.69) is 51.0 Å². The van der Waals surface area contributed by atoms with E-state index < -0.39 is 0 Å². The van der Waals surface area contributed by atoms with Gasteiger partial charge in [0.25, 0.3) is 0 Å². The number of carbonyl (C=O) groups excluding carboxylic acids is 1. The third-order valence-electron chi connectivity index (χ3n) is 7.90. The SMILES string of the molecule is CC1CC(NCCCN)NC(NC(=O)Nc2ccc3c(c2)CCC2(CCCCCCCCC2)N3)N1. The van der Waals surface area contributed by atoms with Crippen LogP contribution in [0, 0.1) is 0 Å². The van der Waals surface area contributed by atoms with Crippen LogP contribution in [0.3, 0.4) is 0 Å². The van der Waals surface area contributed by atoms with Crippen molar-refractivity contribution < 1.29 is 4.79 Å². The van der Waals surface area contributed by atoms with Crippen molar-refractivity contribution >= 4 is 17.4 Å². The van der Waals surface area contributed by atoms with Crippen molar-refractivity contribution in [1.82, 2.24) is 21.3 Å². The van der Waals surface area contributed by atoms with Gasteiger partial charge in [-0.1, -0.05) is 44.9 Å². The van der Waals surface area contributed by atoms with Crippen LogP contribution in [0.2, 0.25) is 0 Å². The zero-order valence-corrected chi connectivity index (χ0v) is 21.6. The molecule has 1 saturated carbocycles. The molecule has 196 valence electrons. The number of carbonyl (C=O) groups is 1. The molecule has 0 radical (unpaired) electrons. The summed E-state index contributed by atoms with van der Waals surface area (Å²) in [7, 11) is 0. The first-order chi connectivity index (χ1) is 17.0. The van der Waals surface area contributed by atoms with E-state index in [4.69, 9.17) is 5.73 Å². The second-order valence-corrected chi connectivity index (χ2v) is 10.9. The predicted molar refractivity (Wildman–Crippen MR) is 144 cm³/mol. The highest BCUT2D eigenvalue weighted by atomic mass is 16.2. The Morgan fingerprint density at radius 3 is 2.54 bits per heavy atom. The van der Waals surface area contributed by atoms with Gasteiger partial charge in [0, 0.05) is 23.0 Å². The van der Waals surface area contributed by atoms with Crippen molar-refractivity contribution in [2.45, 2.75) is 114 Å². The molecule has 1 spiro atoms. The number of nitrogens with two attached hydrogens (primary N) is 1. The molecule has 4 rings (SSSR count). The minimum absolute atomic E-state index is 0.146. The fourth-order valence-corrected chi connectivity index (χ4v) is 5.96. The molecule has 2 aliphatic heterocycles. The molecular weight excluding hydrogens is 438 g/mol. The molecule has 35 heavy (non-hydrogen) atoms. The zero-order chi connectivity index (χ0) is 24.5. The van der Waals surface area contributed by atoms with Gasteiger partial charge in [0.15, 0.2) is 0 Å². The summed E-state index contributed by atoms with van der Waals surface area (Å²) in [4.78, 5) is 12.7. The molecule has 3 unspecified atom stereocenters. The van der Waals surface area contributed by atoms with Gasteiger partial charge in [-0.25, -0.2) is 4.79 Å². The Hall–Kier alpha value is -1.87. The summed E-state index contributed by atoms with van der Waals surface area (Å²) in [5.41, 5.74) is 9.24. The maximum absolute atomic E-state index is 12.7. The van der Waals surface area contributed by atoms with Crippen molar-refractivity contribution in [2.24, 2.45) is 5.73 Å². The van der Waals surface area contributed by atoms with E-state index in [1.54, 1.807) is 0 Å². The topological polar surface area (TPSA) is 115 Å². The van der Waals surface area contributed by atoms with Gasteiger partial charge < -0.3 is 27.0 Å². The summed E-state index contributed by atoms with van der Waals surface area (Å²) in [5.74, 6) is 0. The second kappa shape index (κ2) is 12.9. The average molecular weight is 486 g/mol. The lowest BCUT2D eigenvalue weighted by Gasteiger charge is -2.41. The summed E-state index contributed by atoms with van der Waals surface area (Å²) in [5, 5.41) is 20.3. The number of rotatable bonds is 6. The number of aryl methyl sites for hydroxylation is 1. The van der Waals surface area contributed by atoms with Crippen molar-refractivity contribution in [2.75, 3.05) is 23.7 Å². The first-order valence-corrected chi connectivity index (χ1v) is 14.0. The Bertz CT molecular complexity index is 807. The van der Waals surface area contributed by atoms with Crippen LogP contribution in [0.1, 0.15) is 89.5 Å². The Morgan fingerprint density at radius 2 is 1.80 bits per heavy atom. The highest BCUT2D eigenvalue weighted by Gasteiger charge is 2.33. The lowest BCUT2D eigenvalue weighted by atomic mass is 9.78. The smallest absolute Gasteiger partial charge is 0.321 e. The number of amides is 2. The third kappa shape index (κ3) is 7.81. The highest BCUT2D eigenvalue weighted by molar-refractivity contribution is 5.90. The Morgan fingerprint density at radius 1 is 1.06 bits per heavy atom. The van der Waals surface area contributed by atoms with Gasteiger partial charge in [-0.15, -0.1) is 0 Å². The number of hydrogen-bond donors (Lipinski definition) is 7. The predicted octanol–water partition coefficient (Wildman–Crippen LogP) is 3.95. The Kier molecular flexibility index (Phi) is 9.66.